The fraction of sp³-hybridized carbons (Fsp3) is 0.778. The van der Waals surface area contributed by atoms with Gasteiger partial charge in [-0.2, -0.15) is 15.0 Å². The van der Waals surface area contributed by atoms with Crippen molar-refractivity contribution < 1.29 is 0 Å². The zero-order valence-electron chi connectivity index (χ0n) is 8.12. The molecule has 0 aliphatic heterocycles. The standard InChI is InChI=1S/C7H11N3.C2H6/c1-6-4-8-10(9-6)5-7-2-3-7;1-2/h4,7H,2-3,5H2,1H3;1-2H3. The Balaban J connectivity index is 0.000000336. The Bertz CT molecular complexity index is 225. The molecule has 2 rings (SSSR count). The molecule has 0 amide bonds. The zero-order chi connectivity index (χ0) is 8.97. The Hall–Kier alpha value is -0.860. The summed E-state index contributed by atoms with van der Waals surface area (Å²) in [5.41, 5.74) is 1.01. The van der Waals surface area contributed by atoms with Crippen LogP contribution in [0.3, 0.4) is 0 Å². The van der Waals surface area contributed by atoms with Crippen molar-refractivity contribution in [2.75, 3.05) is 0 Å². The number of hydrogen-bond acceptors (Lipinski definition) is 2. The minimum absolute atomic E-state index is 0.867. The van der Waals surface area contributed by atoms with E-state index >= 15 is 0 Å². The fourth-order valence-electron chi connectivity index (χ4n) is 1.00. The van der Waals surface area contributed by atoms with Gasteiger partial charge in [-0.15, -0.1) is 0 Å². The summed E-state index contributed by atoms with van der Waals surface area (Å²) in [6.45, 7) is 6.99. The van der Waals surface area contributed by atoms with Crippen LogP contribution >= 0.6 is 0 Å². The van der Waals surface area contributed by atoms with Gasteiger partial charge in [0.1, 0.15) is 0 Å². The van der Waals surface area contributed by atoms with Gasteiger partial charge >= 0.3 is 0 Å². The molecule has 0 atom stereocenters. The molecule has 3 heteroatoms. The van der Waals surface area contributed by atoms with Gasteiger partial charge < -0.3 is 0 Å². The first kappa shape index (κ1) is 9.23. The van der Waals surface area contributed by atoms with Crippen molar-refractivity contribution in [2.45, 2.75) is 40.2 Å². The summed E-state index contributed by atoms with van der Waals surface area (Å²) in [7, 11) is 0. The summed E-state index contributed by atoms with van der Waals surface area (Å²) in [5, 5.41) is 8.30. The van der Waals surface area contributed by atoms with Crippen LogP contribution in [0.1, 0.15) is 32.4 Å². The Morgan fingerprint density at radius 3 is 2.58 bits per heavy atom. The normalized spacial score (nSPS) is 15.2. The number of hydrogen-bond donors (Lipinski definition) is 0. The predicted molar refractivity (Wildman–Crippen MR) is 48.8 cm³/mol. The first-order valence-electron chi connectivity index (χ1n) is 4.71. The average Bonchev–Trinajstić information content (AvgIpc) is 2.80. The molecular weight excluding hydrogens is 150 g/mol. The van der Waals surface area contributed by atoms with Gasteiger partial charge in [-0.05, 0) is 25.7 Å². The zero-order valence-corrected chi connectivity index (χ0v) is 8.12. The van der Waals surface area contributed by atoms with E-state index in [1.165, 1.54) is 12.8 Å². The van der Waals surface area contributed by atoms with Crippen LogP contribution in [0.25, 0.3) is 0 Å². The van der Waals surface area contributed by atoms with Gasteiger partial charge in [-0.3, -0.25) is 0 Å². The maximum absolute atomic E-state index is 4.20. The van der Waals surface area contributed by atoms with E-state index in [-0.39, 0.29) is 0 Å². The topological polar surface area (TPSA) is 30.7 Å². The Labute approximate surface area is 73.8 Å². The summed E-state index contributed by atoms with van der Waals surface area (Å²) >= 11 is 0. The van der Waals surface area contributed by atoms with Crippen molar-refractivity contribution >= 4 is 0 Å². The second-order valence-electron chi connectivity index (χ2n) is 2.98. The third-order valence-electron chi connectivity index (χ3n) is 1.77. The molecule has 1 fully saturated rings. The second kappa shape index (κ2) is 4.24. The Kier molecular flexibility index (Phi) is 3.26. The van der Waals surface area contributed by atoms with Crippen LogP contribution in [0, 0.1) is 12.8 Å². The van der Waals surface area contributed by atoms with Crippen LogP contribution in [0.2, 0.25) is 0 Å². The molecule has 1 heterocycles. The predicted octanol–water partition coefficient (Wildman–Crippen LogP) is 2.02. The van der Waals surface area contributed by atoms with Crippen molar-refractivity contribution in [3.63, 3.8) is 0 Å². The molecule has 0 aromatic carbocycles. The van der Waals surface area contributed by atoms with Gasteiger partial charge in [0, 0.05) is 0 Å². The van der Waals surface area contributed by atoms with Crippen molar-refractivity contribution in [3.05, 3.63) is 11.9 Å². The molecule has 3 nitrogen and oxygen atoms in total. The summed E-state index contributed by atoms with van der Waals surface area (Å²) in [4.78, 5) is 1.80. The van der Waals surface area contributed by atoms with E-state index in [1.807, 2.05) is 27.0 Å². The summed E-state index contributed by atoms with van der Waals surface area (Å²) in [6, 6.07) is 0. The number of aryl methyl sites for hydroxylation is 1. The van der Waals surface area contributed by atoms with Gasteiger partial charge in [0.05, 0.1) is 18.4 Å². The maximum atomic E-state index is 4.20. The lowest BCUT2D eigenvalue weighted by Gasteiger charge is -1.93. The maximum Gasteiger partial charge on any atom is 0.0796 e. The minimum Gasteiger partial charge on any atom is -0.184 e. The van der Waals surface area contributed by atoms with Gasteiger partial charge in [0.2, 0.25) is 0 Å². The lowest BCUT2D eigenvalue weighted by atomic mass is 10.4. The van der Waals surface area contributed by atoms with E-state index in [4.69, 9.17) is 0 Å². The van der Waals surface area contributed by atoms with Crippen molar-refractivity contribution in [3.8, 4) is 0 Å². The van der Waals surface area contributed by atoms with Gasteiger partial charge in [-0.1, -0.05) is 13.8 Å². The molecule has 0 saturated heterocycles. The molecule has 68 valence electrons. The first-order chi connectivity index (χ1) is 5.84. The summed E-state index contributed by atoms with van der Waals surface area (Å²) < 4.78 is 0. The average molecular weight is 167 g/mol. The van der Waals surface area contributed by atoms with Crippen LogP contribution < -0.4 is 0 Å². The monoisotopic (exact) mass is 167 g/mol. The van der Waals surface area contributed by atoms with E-state index in [0.717, 1.165) is 18.2 Å². The highest BCUT2D eigenvalue weighted by atomic mass is 15.5. The number of aromatic nitrogens is 3. The molecule has 0 N–H and O–H groups in total. The highest BCUT2D eigenvalue weighted by molar-refractivity contribution is 4.85. The van der Waals surface area contributed by atoms with Gasteiger partial charge in [-0.25, -0.2) is 0 Å². The Morgan fingerprint density at radius 1 is 1.50 bits per heavy atom. The second-order valence-corrected chi connectivity index (χ2v) is 2.98. The van der Waals surface area contributed by atoms with Crippen molar-refractivity contribution in [2.24, 2.45) is 5.92 Å². The molecule has 0 spiro atoms. The van der Waals surface area contributed by atoms with E-state index in [0.29, 0.717) is 0 Å². The molecule has 1 aromatic rings. The van der Waals surface area contributed by atoms with Crippen LogP contribution in [-0.4, -0.2) is 15.0 Å². The van der Waals surface area contributed by atoms with E-state index < -0.39 is 0 Å². The summed E-state index contributed by atoms with van der Waals surface area (Å²) in [5.74, 6) is 0.867. The largest absolute Gasteiger partial charge is 0.184 e. The molecule has 1 aliphatic carbocycles. The first-order valence-corrected chi connectivity index (χ1v) is 4.71. The molecule has 1 aromatic heterocycles. The van der Waals surface area contributed by atoms with E-state index in [1.54, 1.807) is 4.80 Å². The van der Waals surface area contributed by atoms with Crippen LogP contribution in [-0.2, 0) is 6.54 Å². The van der Waals surface area contributed by atoms with Crippen molar-refractivity contribution in [1.29, 1.82) is 0 Å². The SMILES string of the molecule is CC.Cc1cnn(CC2CC2)n1. The molecule has 0 radical (unpaired) electrons. The van der Waals surface area contributed by atoms with Crippen molar-refractivity contribution in [1.82, 2.24) is 15.0 Å². The van der Waals surface area contributed by atoms with Gasteiger partial charge in [0.25, 0.3) is 0 Å². The molecule has 0 unspecified atom stereocenters. The quantitative estimate of drug-likeness (QED) is 0.674. The number of nitrogens with zero attached hydrogens (tertiary/aromatic N) is 3. The summed E-state index contributed by atoms with van der Waals surface area (Å²) in [6.07, 6.45) is 4.53. The molecular formula is C9H17N3. The third kappa shape index (κ3) is 2.64. The smallest absolute Gasteiger partial charge is 0.0796 e. The minimum atomic E-state index is 0.867. The fourth-order valence-corrected chi connectivity index (χ4v) is 1.00. The van der Waals surface area contributed by atoms with E-state index in [9.17, 15) is 0 Å². The number of rotatable bonds is 2. The van der Waals surface area contributed by atoms with Gasteiger partial charge in [0.15, 0.2) is 0 Å². The lowest BCUT2D eigenvalue weighted by Crippen LogP contribution is -2.03. The van der Waals surface area contributed by atoms with E-state index in [2.05, 4.69) is 10.2 Å². The molecule has 1 aliphatic rings. The highest BCUT2D eigenvalue weighted by Crippen LogP contribution is 2.29. The van der Waals surface area contributed by atoms with Crippen LogP contribution in [0.15, 0.2) is 6.20 Å². The molecule has 12 heavy (non-hydrogen) atoms. The Morgan fingerprint density at radius 2 is 2.17 bits per heavy atom. The van der Waals surface area contributed by atoms with Crippen LogP contribution in [0.5, 0.6) is 0 Å². The highest BCUT2D eigenvalue weighted by Gasteiger charge is 2.22. The lowest BCUT2D eigenvalue weighted by molar-refractivity contribution is 0.496. The molecule has 1 saturated carbocycles. The van der Waals surface area contributed by atoms with Crippen LogP contribution in [0.4, 0.5) is 0 Å². The molecule has 0 bridgehead atoms. The third-order valence-corrected chi connectivity index (χ3v) is 1.77.